The topological polar surface area (TPSA) is 43.8 Å². The van der Waals surface area contributed by atoms with Crippen LogP contribution in [-0.2, 0) is 11.3 Å². The Morgan fingerprint density at radius 1 is 1.24 bits per heavy atom. The number of pyridine rings is 1. The number of nitrogens with zero attached hydrogens (tertiary/aromatic N) is 2. The highest BCUT2D eigenvalue weighted by molar-refractivity contribution is 5.33. The van der Waals surface area contributed by atoms with Crippen molar-refractivity contribution in [2.75, 3.05) is 33.4 Å². The van der Waals surface area contributed by atoms with Crippen LogP contribution in [0.2, 0.25) is 0 Å². The highest BCUT2D eigenvalue weighted by Crippen LogP contribution is 2.41. The maximum atomic E-state index is 6.13. The Hall–Kier alpha value is -2.11. The number of methoxy groups -OCH3 is 1. The van der Waals surface area contributed by atoms with Gasteiger partial charge in [-0.1, -0.05) is 18.2 Å². The summed E-state index contributed by atoms with van der Waals surface area (Å²) in [6.07, 6.45) is 4.58. The minimum atomic E-state index is -0.0514. The summed E-state index contributed by atoms with van der Waals surface area (Å²) in [6.45, 7) is 4.31. The second kappa shape index (κ2) is 7.02. The zero-order valence-corrected chi connectivity index (χ0v) is 14.6. The molecule has 1 atom stereocenters. The van der Waals surface area contributed by atoms with Gasteiger partial charge in [0.25, 0.3) is 0 Å². The second-order valence-corrected chi connectivity index (χ2v) is 6.86. The van der Waals surface area contributed by atoms with Crippen LogP contribution in [0.5, 0.6) is 11.5 Å². The first-order valence-corrected chi connectivity index (χ1v) is 8.80. The van der Waals surface area contributed by atoms with Gasteiger partial charge >= 0.3 is 0 Å². The van der Waals surface area contributed by atoms with Gasteiger partial charge in [-0.3, -0.25) is 9.88 Å². The molecule has 1 unspecified atom stereocenters. The van der Waals surface area contributed by atoms with Crippen molar-refractivity contribution in [1.82, 2.24) is 9.88 Å². The van der Waals surface area contributed by atoms with E-state index < -0.39 is 0 Å². The molecular weight excluding hydrogens is 316 g/mol. The predicted molar refractivity (Wildman–Crippen MR) is 94.8 cm³/mol. The van der Waals surface area contributed by atoms with Crippen molar-refractivity contribution in [3.8, 4) is 11.5 Å². The molecule has 1 spiro atoms. The summed E-state index contributed by atoms with van der Waals surface area (Å²) in [5.74, 6) is 2.21. The Labute approximate surface area is 148 Å². The van der Waals surface area contributed by atoms with Crippen molar-refractivity contribution in [1.29, 1.82) is 0 Å². The third kappa shape index (κ3) is 3.34. The molecule has 0 N–H and O–H groups in total. The lowest BCUT2D eigenvalue weighted by atomic mass is 9.81. The van der Waals surface area contributed by atoms with E-state index in [2.05, 4.69) is 22.0 Å². The van der Waals surface area contributed by atoms with E-state index in [1.54, 1.807) is 19.5 Å². The molecule has 2 aliphatic heterocycles. The summed E-state index contributed by atoms with van der Waals surface area (Å²) in [4.78, 5) is 6.52. The van der Waals surface area contributed by atoms with Gasteiger partial charge in [0.15, 0.2) is 0 Å². The van der Waals surface area contributed by atoms with Crippen molar-refractivity contribution in [2.24, 2.45) is 5.92 Å². The molecule has 2 saturated heterocycles. The number of ether oxygens (including phenoxy) is 3. The van der Waals surface area contributed by atoms with Gasteiger partial charge in [0.2, 0.25) is 0 Å². The van der Waals surface area contributed by atoms with Gasteiger partial charge in [0.1, 0.15) is 11.5 Å². The van der Waals surface area contributed by atoms with Gasteiger partial charge in [-0.15, -0.1) is 0 Å². The number of para-hydroxylation sites is 1. The van der Waals surface area contributed by atoms with E-state index in [4.69, 9.17) is 14.2 Å². The second-order valence-electron chi connectivity index (χ2n) is 6.86. The van der Waals surface area contributed by atoms with E-state index in [1.807, 2.05) is 24.3 Å². The molecule has 0 aliphatic carbocycles. The van der Waals surface area contributed by atoms with E-state index >= 15 is 0 Å². The van der Waals surface area contributed by atoms with Crippen molar-refractivity contribution in [3.63, 3.8) is 0 Å². The Morgan fingerprint density at radius 3 is 2.92 bits per heavy atom. The van der Waals surface area contributed by atoms with Gasteiger partial charge in [0, 0.05) is 43.9 Å². The molecule has 0 amide bonds. The number of aromatic nitrogens is 1. The van der Waals surface area contributed by atoms with Crippen LogP contribution in [-0.4, -0.2) is 48.9 Å². The fourth-order valence-corrected chi connectivity index (χ4v) is 3.90. The lowest BCUT2D eigenvalue weighted by Gasteiger charge is -2.50. The van der Waals surface area contributed by atoms with Crippen molar-refractivity contribution in [3.05, 3.63) is 54.4 Å². The number of hydrogen-bond acceptors (Lipinski definition) is 5. The Kier molecular flexibility index (Phi) is 4.59. The average Bonchev–Trinajstić information content (AvgIpc) is 3.05. The molecule has 5 heteroatoms. The van der Waals surface area contributed by atoms with Crippen LogP contribution in [0.15, 0.2) is 48.8 Å². The van der Waals surface area contributed by atoms with Gasteiger partial charge in [0.05, 0.1) is 25.5 Å². The normalized spacial score (nSPS) is 21.9. The van der Waals surface area contributed by atoms with Crippen LogP contribution in [0.25, 0.3) is 0 Å². The first-order valence-electron chi connectivity index (χ1n) is 8.80. The Balaban J connectivity index is 1.34. The highest BCUT2D eigenvalue weighted by atomic mass is 16.5. The number of hydrogen-bond donors (Lipinski definition) is 0. The fraction of sp³-hybridized carbons (Fsp3) is 0.450. The smallest absolute Gasteiger partial charge is 0.137 e. The number of benzene rings is 1. The van der Waals surface area contributed by atoms with E-state index in [1.165, 1.54) is 5.56 Å². The molecule has 0 bridgehead atoms. The number of rotatable bonds is 6. The molecule has 3 heterocycles. The standard InChI is InChI=1S/C20H24N2O3/c1-23-19-7-3-2-5-16(19)12-22-14-20(15-22)17(8-10-25-20)13-24-18-6-4-9-21-11-18/h2-7,9,11,17H,8,10,12-15H2,1H3. The molecule has 132 valence electrons. The van der Waals surface area contributed by atoms with Crippen molar-refractivity contribution >= 4 is 0 Å². The molecule has 0 saturated carbocycles. The van der Waals surface area contributed by atoms with Crippen LogP contribution in [0.3, 0.4) is 0 Å². The van der Waals surface area contributed by atoms with Gasteiger partial charge in [-0.2, -0.15) is 0 Å². The summed E-state index contributed by atoms with van der Waals surface area (Å²) < 4.78 is 17.5. The third-order valence-electron chi connectivity index (χ3n) is 5.25. The van der Waals surface area contributed by atoms with E-state index in [0.29, 0.717) is 12.5 Å². The SMILES string of the molecule is COc1ccccc1CN1CC2(C1)OCCC2COc1cccnc1. The summed E-state index contributed by atoms with van der Waals surface area (Å²) >= 11 is 0. The molecule has 2 fully saturated rings. The van der Waals surface area contributed by atoms with Crippen molar-refractivity contribution in [2.45, 2.75) is 18.6 Å². The minimum Gasteiger partial charge on any atom is -0.496 e. The summed E-state index contributed by atoms with van der Waals surface area (Å²) in [5.41, 5.74) is 1.17. The molecule has 1 aromatic heterocycles. The quantitative estimate of drug-likeness (QED) is 0.809. The van der Waals surface area contributed by atoms with E-state index in [-0.39, 0.29) is 5.60 Å². The summed E-state index contributed by atoms with van der Waals surface area (Å²) in [7, 11) is 1.72. The van der Waals surface area contributed by atoms with Gasteiger partial charge < -0.3 is 14.2 Å². The third-order valence-corrected chi connectivity index (χ3v) is 5.25. The fourth-order valence-electron chi connectivity index (χ4n) is 3.90. The Bertz CT molecular complexity index is 701. The molecule has 2 aliphatic rings. The predicted octanol–water partition coefficient (Wildman–Crippen LogP) is 2.76. The van der Waals surface area contributed by atoms with Crippen LogP contribution in [0.1, 0.15) is 12.0 Å². The maximum absolute atomic E-state index is 6.13. The van der Waals surface area contributed by atoms with Crippen LogP contribution in [0.4, 0.5) is 0 Å². The Morgan fingerprint density at radius 2 is 2.12 bits per heavy atom. The monoisotopic (exact) mass is 340 g/mol. The van der Waals surface area contributed by atoms with E-state index in [0.717, 1.165) is 44.2 Å². The maximum Gasteiger partial charge on any atom is 0.137 e. The van der Waals surface area contributed by atoms with Crippen LogP contribution >= 0.6 is 0 Å². The van der Waals surface area contributed by atoms with Crippen LogP contribution in [0, 0.1) is 5.92 Å². The zero-order chi connectivity index (χ0) is 17.1. The average molecular weight is 340 g/mol. The highest BCUT2D eigenvalue weighted by Gasteiger charge is 2.53. The molecular formula is C20H24N2O3. The number of likely N-dealkylation sites (tertiary alicyclic amines) is 1. The van der Waals surface area contributed by atoms with Crippen molar-refractivity contribution < 1.29 is 14.2 Å². The molecule has 1 aromatic carbocycles. The van der Waals surface area contributed by atoms with Crippen LogP contribution < -0.4 is 9.47 Å². The lowest BCUT2D eigenvalue weighted by Crippen LogP contribution is -2.64. The van der Waals surface area contributed by atoms with Gasteiger partial charge in [-0.05, 0) is 24.6 Å². The molecule has 0 radical (unpaired) electrons. The minimum absolute atomic E-state index is 0.0514. The molecule has 4 rings (SSSR count). The largest absolute Gasteiger partial charge is 0.496 e. The first-order chi connectivity index (χ1) is 12.3. The lowest BCUT2D eigenvalue weighted by molar-refractivity contribution is -0.140. The zero-order valence-electron chi connectivity index (χ0n) is 14.6. The summed E-state index contributed by atoms with van der Waals surface area (Å²) in [5, 5.41) is 0. The van der Waals surface area contributed by atoms with Gasteiger partial charge in [-0.25, -0.2) is 0 Å². The molecule has 5 nitrogen and oxygen atoms in total. The molecule has 2 aromatic rings. The summed E-state index contributed by atoms with van der Waals surface area (Å²) in [6, 6.07) is 12.1. The van der Waals surface area contributed by atoms with E-state index in [9.17, 15) is 0 Å². The molecule has 25 heavy (non-hydrogen) atoms. The first kappa shape index (κ1) is 16.4.